The van der Waals surface area contributed by atoms with Crippen molar-refractivity contribution in [1.82, 2.24) is 0 Å². The van der Waals surface area contributed by atoms with Gasteiger partial charge in [0.15, 0.2) is 5.78 Å². The molecule has 0 fully saturated rings. The molecule has 0 aromatic heterocycles. The molecule has 0 amide bonds. The van der Waals surface area contributed by atoms with Crippen LogP contribution < -0.4 is 0 Å². The Balaban J connectivity index is 2.66. The number of benzene rings is 1. The fourth-order valence-corrected chi connectivity index (χ4v) is 1.71. The first-order chi connectivity index (χ1) is 8.65. The lowest BCUT2D eigenvalue weighted by Crippen LogP contribution is -2.05. The normalized spacial score (nSPS) is 16.7. The van der Waals surface area contributed by atoms with Crippen LogP contribution in [0.3, 0.4) is 0 Å². The molecule has 84 valence electrons. The van der Waals surface area contributed by atoms with Gasteiger partial charge in [0.2, 0.25) is 0 Å². The zero-order valence-corrected chi connectivity index (χ0v) is 9.60. The van der Waals surface area contributed by atoms with E-state index in [1.54, 1.807) is 30.4 Å². The summed E-state index contributed by atoms with van der Waals surface area (Å²) in [6, 6.07) is 7.20. The second-order valence-corrected chi connectivity index (χ2v) is 3.85. The molecule has 0 saturated heterocycles. The lowest BCUT2D eigenvalue weighted by Gasteiger charge is -2.09. The quantitative estimate of drug-likeness (QED) is 0.509. The van der Waals surface area contributed by atoms with Gasteiger partial charge in [-0.2, -0.15) is 5.26 Å². The number of carbonyl (C=O) groups excluding carboxylic acids is 1. The van der Waals surface area contributed by atoms with Gasteiger partial charge in [-0.15, -0.1) is 6.42 Å². The van der Waals surface area contributed by atoms with Crippen LogP contribution in [0.5, 0.6) is 0 Å². The lowest BCUT2D eigenvalue weighted by molar-refractivity contribution is 0.103. The number of hydrogen-bond donors (Lipinski definition) is 0. The summed E-state index contributed by atoms with van der Waals surface area (Å²) >= 11 is 0. The molecule has 0 heterocycles. The molecule has 0 saturated carbocycles. The number of terminal acetylenes is 1. The predicted molar refractivity (Wildman–Crippen MR) is 70.6 cm³/mol. The Morgan fingerprint density at radius 3 is 2.72 bits per heavy atom. The summed E-state index contributed by atoms with van der Waals surface area (Å²) in [5.41, 5.74) is 2.58. The first kappa shape index (κ1) is 11.6. The average molecular weight is 231 g/mol. The lowest BCUT2D eigenvalue weighted by atomic mass is 9.93. The molecule has 1 aromatic carbocycles. The zero-order valence-electron chi connectivity index (χ0n) is 9.60. The first-order valence-electron chi connectivity index (χ1n) is 5.30. The summed E-state index contributed by atoms with van der Waals surface area (Å²) in [6.45, 7) is 3.69. The number of nitrogens with zero attached hydrogens (tertiary/aromatic N) is 1. The summed E-state index contributed by atoms with van der Waals surface area (Å²) in [5.74, 6) is 2.29. The van der Waals surface area contributed by atoms with Gasteiger partial charge in [-0.3, -0.25) is 4.79 Å². The molecule has 0 spiro atoms. The van der Waals surface area contributed by atoms with Crippen LogP contribution in [0, 0.1) is 23.7 Å². The minimum atomic E-state index is -0.209. The van der Waals surface area contributed by atoms with Gasteiger partial charge in [0, 0.05) is 16.7 Å². The molecular weight excluding hydrogens is 222 g/mol. The Morgan fingerprint density at radius 1 is 1.28 bits per heavy atom. The van der Waals surface area contributed by atoms with Gasteiger partial charge in [-0.05, 0) is 29.8 Å². The molecule has 2 nitrogen and oxygen atoms in total. The highest BCUT2D eigenvalue weighted by molar-refractivity contribution is 6.13. The van der Waals surface area contributed by atoms with Crippen LogP contribution in [0.25, 0.3) is 6.08 Å². The molecule has 0 atom stereocenters. The summed E-state index contributed by atoms with van der Waals surface area (Å²) in [4.78, 5) is 12.2. The zero-order chi connectivity index (χ0) is 13.1. The van der Waals surface area contributed by atoms with Crippen LogP contribution in [-0.2, 0) is 0 Å². The van der Waals surface area contributed by atoms with Crippen LogP contribution in [0.2, 0.25) is 0 Å². The van der Waals surface area contributed by atoms with Crippen LogP contribution in [0.1, 0.15) is 21.5 Å². The third kappa shape index (κ3) is 2.00. The largest absolute Gasteiger partial charge is 0.289 e. The maximum atomic E-state index is 12.2. The minimum Gasteiger partial charge on any atom is -0.289 e. The molecule has 0 aliphatic heterocycles. The van der Waals surface area contributed by atoms with Crippen molar-refractivity contribution >= 4 is 11.9 Å². The van der Waals surface area contributed by atoms with E-state index in [-0.39, 0.29) is 11.4 Å². The maximum absolute atomic E-state index is 12.2. The van der Waals surface area contributed by atoms with Crippen LogP contribution >= 0.6 is 0 Å². The van der Waals surface area contributed by atoms with Crippen molar-refractivity contribution in [3.63, 3.8) is 0 Å². The van der Waals surface area contributed by atoms with Crippen molar-refractivity contribution in [3.8, 4) is 18.4 Å². The van der Waals surface area contributed by atoms with E-state index < -0.39 is 0 Å². The number of allylic oxidation sites excluding steroid dienone is 4. The monoisotopic (exact) mass is 231 g/mol. The average Bonchev–Trinajstić information content (AvgIpc) is 2.40. The van der Waals surface area contributed by atoms with E-state index in [1.807, 2.05) is 6.07 Å². The summed E-state index contributed by atoms with van der Waals surface area (Å²) in [5, 5.41) is 8.89. The molecule has 1 aromatic rings. The minimum absolute atomic E-state index is 0.209. The first-order valence-corrected chi connectivity index (χ1v) is 5.30. The number of Topliss-reactive ketones (excluding diaryl/α,β-unsaturated/α-hetero) is 1. The Kier molecular flexibility index (Phi) is 2.96. The van der Waals surface area contributed by atoms with Gasteiger partial charge in [0.05, 0.1) is 11.6 Å². The highest BCUT2D eigenvalue weighted by Gasteiger charge is 2.15. The van der Waals surface area contributed by atoms with Crippen molar-refractivity contribution in [2.24, 2.45) is 0 Å². The van der Waals surface area contributed by atoms with Gasteiger partial charge >= 0.3 is 0 Å². The van der Waals surface area contributed by atoms with Gasteiger partial charge in [-0.25, -0.2) is 0 Å². The highest BCUT2D eigenvalue weighted by Crippen LogP contribution is 2.21. The van der Waals surface area contributed by atoms with E-state index in [2.05, 4.69) is 12.5 Å². The fourth-order valence-electron chi connectivity index (χ4n) is 1.71. The molecule has 0 unspecified atom stereocenters. The Hall–Kier alpha value is -2.84. The smallest absolute Gasteiger partial charge is 0.193 e. The predicted octanol–water partition coefficient (Wildman–Crippen LogP) is 2.88. The summed E-state index contributed by atoms with van der Waals surface area (Å²) in [7, 11) is 0. The van der Waals surface area contributed by atoms with E-state index in [1.165, 1.54) is 6.08 Å². The fraction of sp³-hybridized carbons (Fsp3) is 0. The number of nitriles is 1. The number of rotatable bonds is 0. The molecule has 0 bridgehead atoms. The molecule has 0 N–H and O–H groups in total. The van der Waals surface area contributed by atoms with E-state index in [4.69, 9.17) is 11.7 Å². The molecule has 2 heteroatoms. The number of hydrogen-bond acceptors (Lipinski definition) is 2. The van der Waals surface area contributed by atoms with E-state index in [0.29, 0.717) is 16.7 Å². The summed E-state index contributed by atoms with van der Waals surface area (Å²) in [6.07, 6.45) is 10.2. The van der Waals surface area contributed by atoms with E-state index in [0.717, 1.165) is 5.56 Å². The van der Waals surface area contributed by atoms with E-state index in [9.17, 15) is 4.79 Å². The second-order valence-electron chi connectivity index (χ2n) is 3.85. The standard InChI is InChI=1S/C16H9NO/c1-3-12-4-6-14-7-5-13(10-17)8-11(2)16(18)15(14)9-12/h1,4-9H,2H2/b7-5?,13-8+. The third-order valence-corrected chi connectivity index (χ3v) is 2.66. The van der Waals surface area contributed by atoms with Crippen molar-refractivity contribution in [3.05, 3.63) is 64.8 Å². The second kappa shape index (κ2) is 4.57. The molecule has 0 radical (unpaired) electrons. The Bertz CT molecular complexity index is 691. The van der Waals surface area contributed by atoms with Crippen LogP contribution in [0.15, 0.2) is 48.1 Å². The SMILES string of the molecule is C#Cc1ccc2c(c1)C(=O)C(=C)/C=C(/C#N)C=C2. The molecule has 18 heavy (non-hydrogen) atoms. The molecule has 2 rings (SSSR count). The van der Waals surface area contributed by atoms with Gasteiger partial charge < -0.3 is 0 Å². The van der Waals surface area contributed by atoms with Crippen LogP contribution in [0.4, 0.5) is 0 Å². The van der Waals surface area contributed by atoms with Crippen molar-refractivity contribution in [1.29, 1.82) is 5.26 Å². The number of ketones is 1. The molecule has 1 aliphatic carbocycles. The van der Waals surface area contributed by atoms with Gasteiger partial charge in [0.1, 0.15) is 0 Å². The highest BCUT2D eigenvalue weighted by atomic mass is 16.1. The molecule has 1 aliphatic rings. The number of carbonyl (C=O) groups is 1. The van der Waals surface area contributed by atoms with Crippen molar-refractivity contribution < 1.29 is 4.79 Å². The van der Waals surface area contributed by atoms with Crippen LogP contribution in [-0.4, -0.2) is 5.78 Å². The van der Waals surface area contributed by atoms with Crippen molar-refractivity contribution in [2.75, 3.05) is 0 Å². The van der Waals surface area contributed by atoms with E-state index >= 15 is 0 Å². The van der Waals surface area contributed by atoms with Gasteiger partial charge in [-0.1, -0.05) is 24.6 Å². The third-order valence-electron chi connectivity index (χ3n) is 2.66. The topological polar surface area (TPSA) is 40.9 Å². The number of fused-ring (bicyclic) bond motifs is 1. The van der Waals surface area contributed by atoms with Gasteiger partial charge in [0.25, 0.3) is 0 Å². The molecular formula is C16H9NO. The van der Waals surface area contributed by atoms with Crippen molar-refractivity contribution in [2.45, 2.75) is 0 Å². The summed E-state index contributed by atoms with van der Waals surface area (Å²) < 4.78 is 0. The Labute approximate surface area is 106 Å². The maximum Gasteiger partial charge on any atom is 0.193 e. The Morgan fingerprint density at radius 2 is 2.06 bits per heavy atom.